The van der Waals surface area contributed by atoms with Gasteiger partial charge in [-0.25, -0.2) is 14.5 Å². The van der Waals surface area contributed by atoms with Crippen molar-refractivity contribution >= 4 is 18.0 Å². The molecule has 172 valence electrons. The van der Waals surface area contributed by atoms with Gasteiger partial charge in [-0.2, -0.15) is 0 Å². The summed E-state index contributed by atoms with van der Waals surface area (Å²) in [5.41, 5.74) is 7.50. The van der Waals surface area contributed by atoms with E-state index in [0.29, 0.717) is 10.5 Å². The van der Waals surface area contributed by atoms with E-state index in [0.717, 1.165) is 5.56 Å². The summed E-state index contributed by atoms with van der Waals surface area (Å²) in [7, 11) is 0. The first kappa shape index (κ1) is 25.0. The molecule has 0 heterocycles. The molecule has 2 aromatic rings. The molecule has 32 heavy (non-hydrogen) atoms. The van der Waals surface area contributed by atoms with Crippen molar-refractivity contribution < 1.29 is 29.3 Å². The lowest BCUT2D eigenvalue weighted by Gasteiger charge is -2.30. The number of benzene rings is 2. The number of imide groups is 1. The third-order valence-corrected chi connectivity index (χ3v) is 4.90. The van der Waals surface area contributed by atoms with Crippen molar-refractivity contribution in [3.8, 4) is 0 Å². The van der Waals surface area contributed by atoms with Gasteiger partial charge < -0.3 is 20.7 Å². The molecule has 2 rings (SSSR count). The molecule has 8 nitrogen and oxygen atoms in total. The van der Waals surface area contributed by atoms with Crippen LogP contribution in [0.3, 0.4) is 0 Å². The second-order valence-corrected chi connectivity index (χ2v) is 8.03. The number of nitrogens with two attached hydrogens (primary N) is 1. The molecule has 0 fully saturated rings. The van der Waals surface area contributed by atoms with E-state index in [1.165, 1.54) is 0 Å². The van der Waals surface area contributed by atoms with Crippen molar-refractivity contribution in [1.29, 1.82) is 0 Å². The monoisotopic (exact) mass is 442 g/mol. The molecule has 0 aromatic heterocycles. The normalized spacial score (nSPS) is 13.8. The van der Waals surface area contributed by atoms with Crippen LogP contribution in [0.5, 0.6) is 0 Å². The van der Waals surface area contributed by atoms with Gasteiger partial charge in [-0.15, -0.1) is 0 Å². The van der Waals surface area contributed by atoms with Gasteiger partial charge in [0.25, 0.3) is 5.91 Å². The summed E-state index contributed by atoms with van der Waals surface area (Å²) in [5, 5.41) is 20.3. The average Bonchev–Trinajstić information content (AvgIpc) is 2.77. The number of aliphatic hydroxyl groups excluding tert-OH is 1. The largest absolute Gasteiger partial charge is 0.480 e. The molecule has 0 aliphatic carbocycles. The van der Waals surface area contributed by atoms with Gasteiger partial charge in [0, 0.05) is 6.04 Å². The molecule has 0 aliphatic rings. The van der Waals surface area contributed by atoms with E-state index < -0.39 is 36.2 Å². The number of hydrogen-bond acceptors (Lipinski definition) is 6. The highest BCUT2D eigenvalue weighted by molar-refractivity contribution is 5.98. The lowest BCUT2D eigenvalue weighted by molar-refractivity contribution is -0.153. The Kier molecular flexibility index (Phi) is 9.37. The minimum Gasteiger partial charge on any atom is -0.480 e. The highest BCUT2D eigenvalue weighted by atomic mass is 16.6. The molecule has 0 saturated carbocycles. The van der Waals surface area contributed by atoms with Crippen molar-refractivity contribution in [3.05, 3.63) is 71.8 Å². The molecule has 0 aliphatic heterocycles. The maximum Gasteiger partial charge on any atom is 0.417 e. The first-order chi connectivity index (χ1) is 15.2. The van der Waals surface area contributed by atoms with E-state index in [1.54, 1.807) is 68.4 Å². The Balaban J connectivity index is 2.23. The molecule has 0 spiro atoms. The molecule has 0 bridgehead atoms. The molecule has 2 amide bonds. The van der Waals surface area contributed by atoms with E-state index in [9.17, 15) is 24.6 Å². The molecule has 4 N–H and O–H groups in total. The third-order valence-electron chi connectivity index (χ3n) is 4.90. The van der Waals surface area contributed by atoms with Crippen LogP contribution >= 0.6 is 0 Å². The number of aliphatic hydroxyl groups is 1. The predicted molar refractivity (Wildman–Crippen MR) is 118 cm³/mol. The summed E-state index contributed by atoms with van der Waals surface area (Å²) in [6.07, 6.45) is -2.75. The van der Waals surface area contributed by atoms with Crippen LogP contribution in [0.4, 0.5) is 4.79 Å². The molecule has 0 radical (unpaired) electrons. The zero-order chi connectivity index (χ0) is 23.7. The van der Waals surface area contributed by atoms with Crippen LogP contribution < -0.4 is 5.73 Å². The lowest BCUT2D eigenvalue weighted by Crippen LogP contribution is -2.56. The summed E-state index contributed by atoms with van der Waals surface area (Å²) >= 11 is 0. The van der Waals surface area contributed by atoms with E-state index >= 15 is 0 Å². The zero-order valence-electron chi connectivity index (χ0n) is 18.3. The third kappa shape index (κ3) is 7.18. The fourth-order valence-corrected chi connectivity index (χ4v) is 3.25. The highest BCUT2D eigenvalue weighted by Gasteiger charge is 2.40. The number of ether oxygens (including phenoxy) is 1. The summed E-state index contributed by atoms with van der Waals surface area (Å²) in [6.45, 7) is 3.39. The minimum absolute atomic E-state index is 0.00214. The quantitative estimate of drug-likeness (QED) is 0.515. The van der Waals surface area contributed by atoms with E-state index in [4.69, 9.17) is 10.5 Å². The lowest BCUT2D eigenvalue weighted by atomic mass is 9.99. The smallest absolute Gasteiger partial charge is 0.417 e. The van der Waals surface area contributed by atoms with Crippen LogP contribution in [-0.2, 0) is 27.4 Å². The van der Waals surface area contributed by atoms with Crippen LogP contribution in [0.2, 0.25) is 0 Å². The molecule has 3 atom stereocenters. The first-order valence-corrected chi connectivity index (χ1v) is 10.4. The zero-order valence-corrected chi connectivity index (χ0v) is 18.3. The Morgan fingerprint density at radius 1 is 0.969 bits per heavy atom. The summed E-state index contributed by atoms with van der Waals surface area (Å²) in [6, 6.07) is 15.3. The summed E-state index contributed by atoms with van der Waals surface area (Å²) < 4.78 is 5.22. The van der Waals surface area contributed by atoms with Gasteiger partial charge in [-0.05, 0) is 29.9 Å². The van der Waals surface area contributed by atoms with Crippen molar-refractivity contribution in [2.45, 2.75) is 51.5 Å². The van der Waals surface area contributed by atoms with Gasteiger partial charge in [0.2, 0.25) is 0 Å². The first-order valence-electron chi connectivity index (χ1n) is 10.4. The van der Waals surface area contributed by atoms with Gasteiger partial charge in [0.1, 0.15) is 18.8 Å². The van der Waals surface area contributed by atoms with Crippen molar-refractivity contribution in [3.63, 3.8) is 0 Å². The number of carbonyl (C=O) groups is 3. The van der Waals surface area contributed by atoms with Crippen LogP contribution in [-0.4, -0.2) is 51.3 Å². The van der Waals surface area contributed by atoms with E-state index in [2.05, 4.69) is 0 Å². The molecule has 8 heteroatoms. The van der Waals surface area contributed by atoms with Crippen LogP contribution in [0, 0.1) is 5.92 Å². The van der Waals surface area contributed by atoms with Crippen molar-refractivity contribution in [1.82, 2.24) is 4.90 Å². The number of rotatable bonds is 10. The topological polar surface area (TPSA) is 130 Å². The fraction of sp³-hybridized carbons (Fsp3) is 0.375. The molecule has 0 saturated heterocycles. The Labute approximate surface area is 187 Å². The number of carboxylic acid groups (broad SMARTS) is 1. The number of aliphatic carboxylic acids is 1. The molecular formula is C24H30N2O6. The van der Waals surface area contributed by atoms with E-state index in [1.807, 2.05) is 6.07 Å². The highest BCUT2D eigenvalue weighted by Crippen LogP contribution is 2.18. The Hall–Kier alpha value is -3.23. The number of nitrogens with zero attached hydrogens (tertiary/aromatic N) is 1. The van der Waals surface area contributed by atoms with Crippen molar-refractivity contribution in [2.75, 3.05) is 0 Å². The maximum absolute atomic E-state index is 13.1. The Morgan fingerprint density at radius 3 is 2.00 bits per heavy atom. The second kappa shape index (κ2) is 12.0. The average molecular weight is 443 g/mol. The summed E-state index contributed by atoms with van der Waals surface area (Å²) in [4.78, 5) is 38.3. The molecule has 3 unspecified atom stereocenters. The van der Waals surface area contributed by atoms with Gasteiger partial charge in [0.05, 0.1) is 0 Å². The minimum atomic E-state index is -1.78. The Bertz CT molecular complexity index is 888. The van der Waals surface area contributed by atoms with Crippen molar-refractivity contribution in [2.24, 2.45) is 11.7 Å². The van der Waals surface area contributed by atoms with Gasteiger partial charge in [-0.1, -0.05) is 74.5 Å². The number of carbonyl (C=O) groups excluding carboxylic acids is 2. The second-order valence-electron chi connectivity index (χ2n) is 8.03. The summed E-state index contributed by atoms with van der Waals surface area (Å²) in [5.74, 6) is -2.60. The van der Waals surface area contributed by atoms with Gasteiger partial charge in [-0.3, -0.25) is 4.79 Å². The van der Waals surface area contributed by atoms with Crippen LogP contribution in [0.1, 0.15) is 31.4 Å². The van der Waals surface area contributed by atoms with E-state index in [-0.39, 0.29) is 25.4 Å². The van der Waals surface area contributed by atoms with Crippen LogP contribution in [0.15, 0.2) is 60.7 Å². The van der Waals surface area contributed by atoms with Gasteiger partial charge >= 0.3 is 12.1 Å². The SMILES string of the molecule is CC(C)CC(C(=O)O)N(C(=O)OCc1ccccc1)C(=O)C(O)C(N)Cc1ccccc1. The number of amides is 2. The fourth-order valence-electron chi connectivity index (χ4n) is 3.25. The van der Waals surface area contributed by atoms with Crippen LogP contribution in [0.25, 0.3) is 0 Å². The standard InChI is InChI=1S/C24H30N2O6/c1-16(2)13-20(23(29)30)26(24(31)32-15-18-11-7-4-8-12-18)22(28)21(27)19(25)14-17-9-5-3-6-10-17/h3-12,16,19-21,27H,13-15,25H2,1-2H3,(H,29,30). The number of carboxylic acids is 1. The predicted octanol–water partition coefficient (Wildman–Crippen LogP) is 2.58. The number of hydrogen-bond donors (Lipinski definition) is 3. The molecular weight excluding hydrogens is 412 g/mol. The Morgan fingerprint density at radius 2 is 1.50 bits per heavy atom. The molecule has 2 aromatic carbocycles. The maximum atomic E-state index is 13.1. The van der Waals surface area contributed by atoms with Gasteiger partial charge in [0.15, 0.2) is 0 Å².